The molecule has 0 fully saturated rings. The van der Waals surface area contributed by atoms with Crippen molar-refractivity contribution in [2.45, 2.75) is 39.5 Å². The molecule has 0 radical (unpaired) electrons. The summed E-state index contributed by atoms with van der Waals surface area (Å²) in [6.07, 6.45) is 7.40. The SMILES string of the molecule is CCCCN(CCCC)C(=O)/C=C/c1cccc(F)c1. The average molecular weight is 277 g/mol. The summed E-state index contributed by atoms with van der Waals surface area (Å²) in [6, 6.07) is 6.25. The van der Waals surface area contributed by atoms with E-state index < -0.39 is 0 Å². The average Bonchev–Trinajstić information content (AvgIpc) is 2.45. The maximum atomic E-state index is 13.1. The number of rotatable bonds is 8. The minimum Gasteiger partial charge on any atom is -0.339 e. The fourth-order valence-electron chi connectivity index (χ4n) is 1.91. The molecule has 1 aromatic carbocycles. The smallest absolute Gasteiger partial charge is 0.246 e. The second-order valence-electron chi connectivity index (χ2n) is 4.92. The minimum absolute atomic E-state index is 0.0103. The summed E-state index contributed by atoms with van der Waals surface area (Å²) in [5, 5.41) is 0. The van der Waals surface area contributed by atoms with Crippen LogP contribution in [-0.4, -0.2) is 23.9 Å². The van der Waals surface area contributed by atoms with E-state index in [1.54, 1.807) is 24.3 Å². The molecule has 0 aliphatic rings. The number of amides is 1. The van der Waals surface area contributed by atoms with Crippen molar-refractivity contribution in [3.05, 3.63) is 41.7 Å². The summed E-state index contributed by atoms with van der Waals surface area (Å²) >= 11 is 0. The summed E-state index contributed by atoms with van der Waals surface area (Å²) in [6.45, 7) is 5.82. The number of unbranched alkanes of at least 4 members (excludes halogenated alkanes) is 2. The second-order valence-corrected chi connectivity index (χ2v) is 4.92. The Hall–Kier alpha value is -1.64. The molecule has 0 N–H and O–H groups in total. The highest BCUT2D eigenvalue weighted by Crippen LogP contribution is 2.07. The van der Waals surface area contributed by atoms with Crippen molar-refractivity contribution >= 4 is 12.0 Å². The van der Waals surface area contributed by atoms with Crippen LogP contribution in [0.25, 0.3) is 6.08 Å². The van der Waals surface area contributed by atoms with Crippen molar-refractivity contribution in [3.8, 4) is 0 Å². The van der Waals surface area contributed by atoms with Gasteiger partial charge in [0.25, 0.3) is 0 Å². The number of carbonyl (C=O) groups excluding carboxylic acids is 1. The van der Waals surface area contributed by atoms with Gasteiger partial charge in [-0.05, 0) is 36.6 Å². The van der Waals surface area contributed by atoms with Gasteiger partial charge in [-0.15, -0.1) is 0 Å². The molecule has 3 heteroatoms. The zero-order chi connectivity index (χ0) is 14.8. The summed E-state index contributed by atoms with van der Waals surface area (Å²) in [7, 11) is 0. The van der Waals surface area contributed by atoms with Crippen LogP contribution < -0.4 is 0 Å². The molecule has 1 aromatic rings. The molecule has 0 saturated heterocycles. The van der Waals surface area contributed by atoms with Crippen LogP contribution >= 0.6 is 0 Å². The molecule has 0 saturated carbocycles. The zero-order valence-electron chi connectivity index (χ0n) is 12.4. The Morgan fingerprint density at radius 3 is 2.40 bits per heavy atom. The standard InChI is InChI=1S/C17H24FNO/c1-3-5-12-19(13-6-4-2)17(20)11-10-15-8-7-9-16(18)14-15/h7-11,14H,3-6,12-13H2,1-2H3/b11-10+. The van der Waals surface area contributed by atoms with E-state index in [9.17, 15) is 9.18 Å². The van der Waals surface area contributed by atoms with Crippen LogP contribution in [0.15, 0.2) is 30.3 Å². The topological polar surface area (TPSA) is 20.3 Å². The van der Waals surface area contributed by atoms with Gasteiger partial charge in [0.05, 0.1) is 0 Å². The summed E-state index contributed by atoms with van der Waals surface area (Å²) in [4.78, 5) is 14.0. The molecular formula is C17H24FNO. The predicted octanol–water partition coefficient (Wildman–Crippen LogP) is 4.27. The van der Waals surface area contributed by atoms with Gasteiger partial charge in [0.1, 0.15) is 5.82 Å². The lowest BCUT2D eigenvalue weighted by Crippen LogP contribution is -2.31. The van der Waals surface area contributed by atoms with Gasteiger partial charge < -0.3 is 4.90 Å². The molecule has 1 amide bonds. The lowest BCUT2D eigenvalue weighted by molar-refractivity contribution is -0.126. The van der Waals surface area contributed by atoms with Crippen LogP contribution in [0.2, 0.25) is 0 Å². The van der Waals surface area contributed by atoms with E-state index in [1.165, 1.54) is 12.1 Å². The van der Waals surface area contributed by atoms with Crippen molar-refractivity contribution in [2.24, 2.45) is 0 Å². The minimum atomic E-state index is -0.284. The summed E-state index contributed by atoms with van der Waals surface area (Å²) in [5.74, 6) is -0.274. The maximum absolute atomic E-state index is 13.1. The fourth-order valence-corrected chi connectivity index (χ4v) is 1.91. The van der Waals surface area contributed by atoms with E-state index in [4.69, 9.17) is 0 Å². The van der Waals surface area contributed by atoms with Crippen molar-refractivity contribution in [2.75, 3.05) is 13.1 Å². The van der Waals surface area contributed by atoms with E-state index in [0.717, 1.165) is 38.8 Å². The predicted molar refractivity (Wildman–Crippen MR) is 81.8 cm³/mol. The van der Waals surface area contributed by atoms with Crippen molar-refractivity contribution in [1.29, 1.82) is 0 Å². The van der Waals surface area contributed by atoms with Crippen LogP contribution in [0.5, 0.6) is 0 Å². The number of hydrogen-bond donors (Lipinski definition) is 0. The van der Waals surface area contributed by atoms with Gasteiger partial charge in [-0.3, -0.25) is 4.79 Å². The Balaban J connectivity index is 2.63. The Morgan fingerprint density at radius 1 is 1.20 bits per heavy atom. The molecule has 110 valence electrons. The van der Waals surface area contributed by atoms with Crippen LogP contribution in [0.3, 0.4) is 0 Å². The molecule has 0 bridgehead atoms. The first-order valence-corrected chi connectivity index (χ1v) is 7.40. The molecule has 0 aliphatic heterocycles. The molecule has 0 aromatic heterocycles. The van der Waals surface area contributed by atoms with Crippen LogP contribution in [0, 0.1) is 5.82 Å². The lowest BCUT2D eigenvalue weighted by Gasteiger charge is -2.20. The fraction of sp³-hybridized carbons (Fsp3) is 0.471. The Morgan fingerprint density at radius 2 is 1.85 bits per heavy atom. The summed E-state index contributed by atoms with van der Waals surface area (Å²) in [5.41, 5.74) is 0.712. The van der Waals surface area contributed by atoms with Gasteiger partial charge in [-0.1, -0.05) is 38.8 Å². The maximum Gasteiger partial charge on any atom is 0.246 e. The van der Waals surface area contributed by atoms with Gasteiger partial charge in [-0.25, -0.2) is 4.39 Å². The highest BCUT2D eigenvalue weighted by Gasteiger charge is 2.08. The molecule has 0 heterocycles. The third-order valence-corrected chi connectivity index (χ3v) is 3.14. The quantitative estimate of drug-likeness (QED) is 0.650. The third-order valence-electron chi connectivity index (χ3n) is 3.14. The first-order valence-electron chi connectivity index (χ1n) is 7.40. The molecule has 0 unspecified atom stereocenters. The molecular weight excluding hydrogens is 253 g/mol. The number of hydrogen-bond acceptors (Lipinski definition) is 1. The van der Waals surface area contributed by atoms with Gasteiger partial charge in [0, 0.05) is 19.2 Å². The molecule has 0 aliphatic carbocycles. The first kappa shape index (κ1) is 16.4. The van der Waals surface area contributed by atoms with Crippen molar-refractivity contribution < 1.29 is 9.18 Å². The van der Waals surface area contributed by atoms with Crippen LogP contribution in [-0.2, 0) is 4.79 Å². The van der Waals surface area contributed by atoms with Crippen molar-refractivity contribution in [1.82, 2.24) is 4.90 Å². The van der Waals surface area contributed by atoms with E-state index in [2.05, 4.69) is 13.8 Å². The number of benzene rings is 1. The lowest BCUT2D eigenvalue weighted by atomic mass is 10.2. The van der Waals surface area contributed by atoms with Crippen LogP contribution in [0.4, 0.5) is 4.39 Å². The molecule has 2 nitrogen and oxygen atoms in total. The molecule has 20 heavy (non-hydrogen) atoms. The molecule has 0 atom stereocenters. The normalized spacial score (nSPS) is 10.9. The van der Waals surface area contributed by atoms with Gasteiger partial charge in [-0.2, -0.15) is 0 Å². The molecule has 1 rings (SSSR count). The van der Waals surface area contributed by atoms with Gasteiger partial charge >= 0.3 is 0 Å². The van der Waals surface area contributed by atoms with E-state index in [-0.39, 0.29) is 11.7 Å². The zero-order valence-corrected chi connectivity index (χ0v) is 12.4. The van der Waals surface area contributed by atoms with Crippen LogP contribution in [0.1, 0.15) is 45.1 Å². The van der Waals surface area contributed by atoms with Crippen molar-refractivity contribution in [3.63, 3.8) is 0 Å². The highest BCUT2D eigenvalue weighted by molar-refractivity contribution is 5.91. The number of halogens is 1. The monoisotopic (exact) mass is 277 g/mol. The van der Waals surface area contributed by atoms with E-state index in [0.29, 0.717) is 5.56 Å². The first-order chi connectivity index (χ1) is 9.67. The van der Waals surface area contributed by atoms with E-state index in [1.807, 2.05) is 4.90 Å². The highest BCUT2D eigenvalue weighted by atomic mass is 19.1. The Bertz CT molecular complexity index is 434. The summed E-state index contributed by atoms with van der Waals surface area (Å²) < 4.78 is 13.1. The number of carbonyl (C=O) groups is 1. The second kappa shape index (κ2) is 9.29. The van der Waals surface area contributed by atoms with Gasteiger partial charge in [0.2, 0.25) is 5.91 Å². The van der Waals surface area contributed by atoms with Gasteiger partial charge in [0.15, 0.2) is 0 Å². The Kier molecular flexibility index (Phi) is 7.63. The number of nitrogens with zero attached hydrogens (tertiary/aromatic N) is 1. The Labute approximate surface area is 121 Å². The largest absolute Gasteiger partial charge is 0.339 e. The van der Waals surface area contributed by atoms with E-state index >= 15 is 0 Å². The molecule has 0 spiro atoms. The third kappa shape index (κ3) is 6.00.